The maximum absolute atomic E-state index is 12.1. The summed E-state index contributed by atoms with van der Waals surface area (Å²) in [4.78, 5) is 23.8. The van der Waals surface area contributed by atoms with E-state index in [1.54, 1.807) is 30.3 Å². The highest BCUT2D eigenvalue weighted by Gasteiger charge is 2.12. The first-order valence-electron chi connectivity index (χ1n) is 7.19. The number of phenols is 1. The van der Waals surface area contributed by atoms with Crippen LogP contribution in [0.3, 0.4) is 0 Å². The highest BCUT2D eigenvalue weighted by Crippen LogP contribution is 2.17. The van der Waals surface area contributed by atoms with E-state index in [4.69, 9.17) is 0 Å². The number of carbonyl (C=O) groups is 2. The van der Waals surface area contributed by atoms with E-state index in [-0.39, 0.29) is 16.9 Å². The zero-order valence-corrected chi connectivity index (χ0v) is 13.3. The van der Waals surface area contributed by atoms with Gasteiger partial charge in [-0.1, -0.05) is 12.1 Å². The van der Waals surface area contributed by atoms with Gasteiger partial charge in [-0.3, -0.25) is 4.79 Å². The summed E-state index contributed by atoms with van der Waals surface area (Å²) in [7, 11) is 1.26. The van der Waals surface area contributed by atoms with Crippen molar-refractivity contribution < 1.29 is 19.4 Å². The van der Waals surface area contributed by atoms with Crippen molar-refractivity contribution in [1.82, 2.24) is 0 Å². The molecule has 0 aliphatic heterocycles. The molecule has 0 spiro atoms. The molecule has 0 saturated carbocycles. The summed E-state index contributed by atoms with van der Waals surface area (Å²) < 4.78 is 4.68. The molecule has 0 aliphatic rings. The van der Waals surface area contributed by atoms with Crippen LogP contribution in [0.25, 0.3) is 0 Å². The van der Waals surface area contributed by atoms with Crippen molar-refractivity contribution in [3.63, 3.8) is 0 Å². The van der Waals surface area contributed by atoms with Gasteiger partial charge >= 0.3 is 5.97 Å². The van der Waals surface area contributed by atoms with Crippen LogP contribution >= 0.6 is 0 Å². The number of amides is 1. The lowest BCUT2D eigenvalue weighted by Crippen LogP contribution is -2.14. The number of para-hydroxylation sites is 1. The number of benzene rings is 2. The number of nitrogens with zero attached hydrogens (tertiary/aromatic N) is 1. The second kappa shape index (κ2) is 8.17. The Morgan fingerprint density at radius 3 is 2.48 bits per heavy atom. The van der Waals surface area contributed by atoms with Crippen LogP contribution in [-0.4, -0.2) is 24.1 Å². The first-order chi connectivity index (χ1) is 12.0. The Hall–Kier alpha value is -3.79. The molecular weight excluding hydrogens is 322 g/mol. The predicted octanol–water partition coefficient (Wildman–Crippen LogP) is 2.64. The maximum atomic E-state index is 12.1. The molecule has 2 aromatic rings. The molecule has 0 saturated heterocycles. The molecule has 0 aliphatic carbocycles. The van der Waals surface area contributed by atoms with Crippen LogP contribution in [0.2, 0.25) is 0 Å². The van der Waals surface area contributed by atoms with E-state index in [9.17, 15) is 20.0 Å². The van der Waals surface area contributed by atoms with Crippen LogP contribution in [0, 0.1) is 11.3 Å². The van der Waals surface area contributed by atoms with E-state index < -0.39 is 11.9 Å². The largest absolute Gasteiger partial charge is 0.508 e. The van der Waals surface area contributed by atoms with E-state index >= 15 is 0 Å². The van der Waals surface area contributed by atoms with Crippen LogP contribution in [0.1, 0.15) is 10.4 Å². The zero-order valence-electron chi connectivity index (χ0n) is 13.3. The van der Waals surface area contributed by atoms with Crippen molar-refractivity contribution in [3.05, 3.63) is 65.9 Å². The van der Waals surface area contributed by atoms with Gasteiger partial charge in [-0.2, -0.15) is 5.26 Å². The standard InChI is InChI=1S/C18H15N3O4/c1-25-18(24)15-4-2-3-5-16(15)20-11-12(10-19)17(23)21-13-6-8-14(22)9-7-13/h2-9,11,20,22H,1H3,(H,21,23)/b12-11-. The Balaban J connectivity index is 2.15. The lowest BCUT2D eigenvalue weighted by Gasteiger charge is -2.08. The molecule has 2 rings (SSSR count). The molecule has 0 unspecified atom stereocenters. The van der Waals surface area contributed by atoms with Gasteiger partial charge in [-0.25, -0.2) is 4.79 Å². The first kappa shape index (κ1) is 17.6. The fourth-order valence-corrected chi connectivity index (χ4v) is 1.94. The summed E-state index contributed by atoms with van der Waals surface area (Å²) in [6.07, 6.45) is 1.21. The summed E-state index contributed by atoms with van der Waals surface area (Å²) in [5.74, 6) is -1.10. The Morgan fingerprint density at radius 2 is 1.84 bits per heavy atom. The van der Waals surface area contributed by atoms with Gasteiger partial charge < -0.3 is 20.5 Å². The summed E-state index contributed by atoms with van der Waals surface area (Å²) in [6.45, 7) is 0. The number of nitrogens with one attached hydrogen (secondary N) is 2. The minimum absolute atomic E-state index is 0.0649. The van der Waals surface area contributed by atoms with E-state index in [0.717, 1.165) is 0 Å². The average molecular weight is 337 g/mol. The summed E-state index contributed by atoms with van der Waals surface area (Å²) in [5, 5.41) is 23.7. The molecular formula is C18H15N3O4. The number of aromatic hydroxyl groups is 1. The zero-order chi connectivity index (χ0) is 18.2. The topological polar surface area (TPSA) is 111 Å². The highest BCUT2D eigenvalue weighted by atomic mass is 16.5. The van der Waals surface area contributed by atoms with Crippen molar-refractivity contribution >= 4 is 23.3 Å². The molecule has 0 aromatic heterocycles. The third-order valence-corrected chi connectivity index (χ3v) is 3.19. The summed E-state index contributed by atoms with van der Waals surface area (Å²) >= 11 is 0. The van der Waals surface area contributed by atoms with Crippen LogP contribution < -0.4 is 10.6 Å². The molecule has 7 heteroatoms. The van der Waals surface area contributed by atoms with Gasteiger partial charge in [0.1, 0.15) is 17.4 Å². The number of rotatable bonds is 5. The second-order valence-electron chi connectivity index (χ2n) is 4.85. The smallest absolute Gasteiger partial charge is 0.339 e. The molecule has 2 aromatic carbocycles. The van der Waals surface area contributed by atoms with Gasteiger partial charge in [-0.05, 0) is 36.4 Å². The summed E-state index contributed by atoms with van der Waals surface area (Å²) in [6, 6.07) is 14.2. The van der Waals surface area contributed by atoms with E-state index in [0.29, 0.717) is 11.4 Å². The third-order valence-electron chi connectivity index (χ3n) is 3.19. The molecule has 1 amide bonds. The molecule has 0 fully saturated rings. The predicted molar refractivity (Wildman–Crippen MR) is 91.8 cm³/mol. The number of carbonyl (C=O) groups excluding carboxylic acids is 2. The van der Waals surface area contributed by atoms with Gasteiger partial charge in [0.25, 0.3) is 5.91 Å². The van der Waals surface area contributed by atoms with E-state index in [1.807, 2.05) is 0 Å². The summed E-state index contributed by atoms with van der Waals surface area (Å²) in [5.41, 5.74) is 0.920. The van der Waals surface area contributed by atoms with Crippen molar-refractivity contribution in [2.75, 3.05) is 17.7 Å². The number of ether oxygens (including phenoxy) is 1. The Labute approximate surface area is 144 Å². The quantitative estimate of drug-likeness (QED) is 0.335. The third kappa shape index (κ3) is 4.59. The van der Waals surface area contributed by atoms with Gasteiger partial charge in [0.15, 0.2) is 0 Å². The molecule has 0 bridgehead atoms. The molecule has 0 heterocycles. The van der Waals surface area contributed by atoms with Crippen molar-refractivity contribution in [3.8, 4) is 11.8 Å². The number of anilines is 2. The Kier molecular flexibility index (Phi) is 5.74. The van der Waals surface area contributed by atoms with Gasteiger partial charge in [0.2, 0.25) is 0 Å². The Bertz CT molecular complexity index is 851. The fourth-order valence-electron chi connectivity index (χ4n) is 1.94. The number of nitriles is 1. The lowest BCUT2D eigenvalue weighted by molar-refractivity contribution is -0.112. The van der Waals surface area contributed by atoms with Crippen molar-refractivity contribution in [2.45, 2.75) is 0 Å². The SMILES string of the molecule is COC(=O)c1ccccc1N/C=C(/C#N)C(=O)Nc1ccc(O)cc1. The number of phenolic OH excluding ortho intramolecular Hbond substituents is 1. The molecule has 126 valence electrons. The van der Waals surface area contributed by atoms with Gasteiger partial charge in [0.05, 0.1) is 18.4 Å². The van der Waals surface area contributed by atoms with Crippen LogP contribution in [-0.2, 0) is 9.53 Å². The van der Waals surface area contributed by atoms with Crippen LogP contribution in [0.4, 0.5) is 11.4 Å². The fraction of sp³-hybridized carbons (Fsp3) is 0.0556. The van der Waals surface area contributed by atoms with E-state index in [2.05, 4.69) is 15.4 Å². The number of hydrogen-bond acceptors (Lipinski definition) is 6. The number of methoxy groups -OCH3 is 1. The minimum Gasteiger partial charge on any atom is -0.508 e. The first-order valence-corrected chi connectivity index (χ1v) is 7.19. The lowest BCUT2D eigenvalue weighted by atomic mass is 10.2. The van der Waals surface area contributed by atoms with Crippen LogP contribution in [0.15, 0.2) is 60.3 Å². The minimum atomic E-state index is -0.628. The molecule has 0 radical (unpaired) electrons. The van der Waals surface area contributed by atoms with Gasteiger partial charge in [0, 0.05) is 11.9 Å². The van der Waals surface area contributed by atoms with Crippen molar-refractivity contribution in [1.29, 1.82) is 5.26 Å². The molecule has 3 N–H and O–H groups in total. The van der Waals surface area contributed by atoms with Crippen LogP contribution in [0.5, 0.6) is 5.75 Å². The Morgan fingerprint density at radius 1 is 1.16 bits per heavy atom. The number of hydrogen-bond donors (Lipinski definition) is 3. The number of esters is 1. The normalized spacial score (nSPS) is 10.5. The monoisotopic (exact) mass is 337 g/mol. The second-order valence-corrected chi connectivity index (χ2v) is 4.85. The highest BCUT2D eigenvalue weighted by molar-refractivity contribution is 6.07. The molecule has 7 nitrogen and oxygen atoms in total. The van der Waals surface area contributed by atoms with Gasteiger partial charge in [-0.15, -0.1) is 0 Å². The molecule has 25 heavy (non-hydrogen) atoms. The molecule has 0 atom stereocenters. The van der Waals surface area contributed by atoms with Crippen molar-refractivity contribution in [2.24, 2.45) is 0 Å². The average Bonchev–Trinajstić information content (AvgIpc) is 2.64. The maximum Gasteiger partial charge on any atom is 0.339 e. The van der Waals surface area contributed by atoms with E-state index in [1.165, 1.54) is 37.6 Å².